The van der Waals surface area contributed by atoms with Gasteiger partial charge >= 0.3 is 0 Å². The van der Waals surface area contributed by atoms with Crippen LogP contribution in [0.3, 0.4) is 0 Å². The summed E-state index contributed by atoms with van der Waals surface area (Å²) < 4.78 is 36.8. The van der Waals surface area contributed by atoms with Gasteiger partial charge < -0.3 is 11.1 Å². The Balaban J connectivity index is 2.75. The number of nitrogens with two attached hydrogens (primary N) is 1. The summed E-state index contributed by atoms with van der Waals surface area (Å²) in [6.45, 7) is 0.285. The van der Waals surface area contributed by atoms with E-state index in [4.69, 9.17) is 5.73 Å². The Labute approximate surface area is 89.1 Å². The van der Waals surface area contributed by atoms with Crippen LogP contribution in [0.15, 0.2) is 12.1 Å². The summed E-state index contributed by atoms with van der Waals surface area (Å²) in [7, 11) is -0.977. The Morgan fingerprint density at radius 2 is 2.13 bits per heavy atom. The van der Waals surface area contributed by atoms with Crippen LogP contribution in [0.5, 0.6) is 0 Å². The summed E-state index contributed by atoms with van der Waals surface area (Å²) in [5, 5.41) is 2.62. The SMILES string of the molecule is CS(=O)CCNc1c(N)ccc(F)c1F. The van der Waals surface area contributed by atoms with E-state index in [-0.39, 0.29) is 17.9 Å². The van der Waals surface area contributed by atoms with Gasteiger partial charge in [-0.25, -0.2) is 8.78 Å². The normalized spacial score (nSPS) is 12.5. The highest BCUT2D eigenvalue weighted by Gasteiger charge is 2.10. The molecule has 6 heteroatoms. The van der Waals surface area contributed by atoms with Crippen LogP contribution in [-0.4, -0.2) is 22.8 Å². The largest absolute Gasteiger partial charge is 0.397 e. The van der Waals surface area contributed by atoms with Crippen LogP contribution in [0.2, 0.25) is 0 Å². The third-order valence-electron chi connectivity index (χ3n) is 1.82. The molecule has 3 N–H and O–H groups in total. The molecular formula is C9H12F2N2OS. The first-order valence-corrected chi connectivity index (χ1v) is 6.02. The molecule has 0 aliphatic rings. The molecule has 1 aromatic rings. The summed E-state index contributed by atoms with van der Waals surface area (Å²) in [6, 6.07) is 2.25. The highest BCUT2D eigenvalue weighted by atomic mass is 32.2. The molecule has 0 aliphatic heterocycles. The van der Waals surface area contributed by atoms with Gasteiger partial charge in [0.1, 0.15) is 0 Å². The van der Waals surface area contributed by atoms with E-state index >= 15 is 0 Å². The van der Waals surface area contributed by atoms with Gasteiger partial charge in [-0.3, -0.25) is 4.21 Å². The average Bonchev–Trinajstić information content (AvgIpc) is 2.17. The fraction of sp³-hybridized carbons (Fsp3) is 0.333. The summed E-state index contributed by atoms with van der Waals surface area (Å²) in [5.41, 5.74) is 5.53. The molecule has 1 rings (SSSR count). The minimum absolute atomic E-state index is 0.0690. The smallest absolute Gasteiger partial charge is 0.183 e. The number of hydrogen-bond donors (Lipinski definition) is 2. The number of rotatable bonds is 4. The molecule has 84 valence electrons. The number of nitrogens with one attached hydrogen (secondary N) is 1. The predicted octanol–water partition coefficient (Wildman–Crippen LogP) is 1.34. The van der Waals surface area contributed by atoms with Crippen LogP contribution >= 0.6 is 0 Å². The Bertz CT molecular complexity index is 385. The zero-order valence-electron chi connectivity index (χ0n) is 8.22. The molecule has 0 saturated carbocycles. The quantitative estimate of drug-likeness (QED) is 0.773. The van der Waals surface area contributed by atoms with E-state index in [1.165, 1.54) is 12.3 Å². The molecule has 0 spiro atoms. The third kappa shape index (κ3) is 3.16. The first-order valence-electron chi connectivity index (χ1n) is 4.29. The monoisotopic (exact) mass is 234 g/mol. The van der Waals surface area contributed by atoms with Crippen LogP contribution in [0.4, 0.5) is 20.2 Å². The lowest BCUT2D eigenvalue weighted by atomic mass is 10.2. The lowest BCUT2D eigenvalue weighted by Crippen LogP contribution is -2.12. The van der Waals surface area contributed by atoms with E-state index in [9.17, 15) is 13.0 Å². The van der Waals surface area contributed by atoms with Gasteiger partial charge in [-0.15, -0.1) is 0 Å². The molecular weight excluding hydrogens is 222 g/mol. The van der Waals surface area contributed by atoms with Gasteiger partial charge in [-0.2, -0.15) is 0 Å². The fourth-order valence-electron chi connectivity index (χ4n) is 1.07. The van der Waals surface area contributed by atoms with Gasteiger partial charge in [0.15, 0.2) is 11.6 Å². The number of hydrogen-bond acceptors (Lipinski definition) is 3. The molecule has 15 heavy (non-hydrogen) atoms. The van der Waals surface area contributed by atoms with Crippen molar-refractivity contribution in [1.82, 2.24) is 0 Å². The van der Waals surface area contributed by atoms with E-state index in [1.807, 2.05) is 0 Å². The number of nitrogen functional groups attached to an aromatic ring is 1. The van der Waals surface area contributed by atoms with Gasteiger partial charge in [-0.05, 0) is 12.1 Å². The molecule has 0 bridgehead atoms. The highest BCUT2D eigenvalue weighted by Crippen LogP contribution is 2.24. The lowest BCUT2D eigenvalue weighted by Gasteiger charge is -2.09. The van der Waals surface area contributed by atoms with E-state index in [0.29, 0.717) is 5.75 Å². The summed E-state index contributed by atoms with van der Waals surface area (Å²) in [6.07, 6.45) is 1.53. The van der Waals surface area contributed by atoms with Crippen LogP contribution < -0.4 is 11.1 Å². The maximum Gasteiger partial charge on any atom is 0.183 e. The second-order valence-electron chi connectivity index (χ2n) is 3.03. The number of halogens is 2. The molecule has 0 amide bonds. The molecule has 0 heterocycles. The van der Waals surface area contributed by atoms with Gasteiger partial charge in [0.25, 0.3) is 0 Å². The van der Waals surface area contributed by atoms with Crippen molar-refractivity contribution in [3.63, 3.8) is 0 Å². The minimum Gasteiger partial charge on any atom is -0.397 e. The van der Waals surface area contributed by atoms with Crippen molar-refractivity contribution in [2.75, 3.05) is 29.6 Å². The fourth-order valence-corrected chi connectivity index (χ4v) is 1.45. The Kier molecular flexibility index (Phi) is 4.02. The lowest BCUT2D eigenvalue weighted by molar-refractivity contribution is 0.511. The first-order chi connectivity index (χ1) is 7.02. The Hall–Kier alpha value is -1.17. The van der Waals surface area contributed by atoms with Crippen LogP contribution in [0, 0.1) is 11.6 Å². The zero-order chi connectivity index (χ0) is 11.4. The standard InChI is InChI=1S/C9H12F2N2OS/c1-15(14)5-4-13-9-7(12)3-2-6(10)8(9)11/h2-3,13H,4-5,12H2,1H3. The summed E-state index contributed by atoms with van der Waals surface area (Å²) in [4.78, 5) is 0. The van der Waals surface area contributed by atoms with Crippen molar-refractivity contribution in [2.45, 2.75) is 0 Å². The van der Waals surface area contributed by atoms with Crippen molar-refractivity contribution in [3.8, 4) is 0 Å². The van der Waals surface area contributed by atoms with Crippen molar-refractivity contribution in [3.05, 3.63) is 23.8 Å². The maximum absolute atomic E-state index is 13.2. The molecule has 0 aliphatic carbocycles. The summed E-state index contributed by atoms with van der Waals surface area (Å²) in [5.74, 6) is -1.60. The number of anilines is 2. The molecule has 3 nitrogen and oxygen atoms in total. The second-order valence-corrected chi connectivity index (χ2v) is 4.58. The van der Waals surface area contributed by atoms with E-state index in [0.717, 1.165) is 6.07 Å². The summed E-state index contributed by atoms with van der Waals surface area (Å²) >= 11 is 0. The van der Waals surface area contributed by atoms with E-state index < -0.39 is 22.4 Å². The predicted molar refractivity (Wildman–Crippen MR) is 58.2 cm³/mol. The molecule has 0 radical (unpaired) electrons. The Morgan fingerprint density at radius 3 is 2.73 bits per heavy atom. The highest BCUT2D eigenvalue weighted by molar-refractivity contribution is 7.84. The third-order valence-corrected chi connectivity index (χ3v) is 2.60. The van der Waals surface area contributed by atoms with Crippen LogP contribution in [0.1, 0.15) is 0 Å². The molecule has 0 saturated heterocycles. The van der Waals surface area contributed by atoms with E-state index in [1.54, 1.807) is 0 Å². The van der Waals surface area contributed by atoms with Crippen molar-refractivity contribution in [1.29, 1.82) is 0 Å². The minimum atomic E-state index is -1.00. The van der Waals surface area contributed by atoms with Crippen molar-refractivity contribution in [2.24, 2.45) is 0 Å². The van der Waals surface area contributed by atoms with Gasteiger partial charge in [-0.1, -0.05) is 0 Å². The number of benzene rings is 1. The van der Waals surface area contributed by atoms with Gasteiger partial charge in [0.2, 0.25) is 0 Å². The maximum atomic E-state index is 13.2. The van der Waals surface area contributed by atoms with E-state index in [2.05, 4.69) is 5.32 Å². The zero-order valence-corrected chi connectivity index (χ0v) is 9.04. The van der Waals surface area contributed by atoms with Gasteiger partial charge in [0.05, 0.1) is 11.4 Å². The molecule has 1 atom stereocenters. The second kappa shape index (κ2) is 5.06. The molecule has 1 aromatic carbocycles. The van der Waals surface area contributed by atoms with Crippen molar-refractivity contribution < 1.29 is 13.0 Å². The van der Waals surface area contributed by atoms with Crippen molar-refractivity contribution >= 4 is 22.2 Å². The topological polar surface area (TPSA) is 55.1 Å². The average molecular weight is 234 g/mol. The molecule has 0 fully saturated rings. The molecule has 0 aromatic heterocycles. The molecule has 1 unspecified atom stereocenters. The first kappa shape index (κ1) is 11.9. The van der Waals surface area contributed by atoms with Crippen LogP contribution in [-0.2, 0) is 10.8 Å². The van der Waals surface area contributed by atoms with Crippen LogP contribution in [0.25, 0.3) is 0 Å². The van der Waals surface area contributed by atoms with Gasteiger partial charge in [0, 0.05) is 29.4 Å². The Morgan fingerprint density at radius 1 is 1.47 bits per heavy atom.